The zero-order valence-corrected chi connectivity index (χ0v) is 16.6. The van der Waals surface area contributed by atoms with Gasteiger partial charge in [-0.25, -0.2) is 8.42 Å². The molecule has 2 rings (SSSR count). The topological polar surface area (TPSA) is 110 Å². The van der Waals surface area contributed by atoms with Crippen molar-refractivity contribution in [2.24, 2.45) is 5.92 Å². The number of carbonyl (C=O) groups is 1. The van der Waals surface area contributed by atoms with Crippen LogP contribution in [0.4, 0.5) is 11.4 Å². The average Bonchev–Trinajstić information content (AvgIpc) is 2.67. The second-order valence-electron chi connectivity index (χ2n) is 6.28. The lowest BCUT2D eigenvalue weighted by molar-refractivity contribution is -0.384. The Morgan fingerprint density at radius 2 is 1.89 bits per heavy atom. The van der Waals surface area contributed by atoms with Crippen molar-refractivity contribution in [3.8, 4) is 0 Å². The smallest absolute Gasteiger partial charge is 0.308 e. The summed E-state index contributed by atoms with van der Waals surface area (Å²) in [7, 11) is -2.44. The van der Waals surface area contributed by atoms with E-state index in [0.29, 0.717) is 31.6 Å². The molecule has 0 aliphatic carbocycles. The lowest BCUT2D eigenvalue weighted by Crippen LogP contribution is -2.37. The molecule has 0 spiro atoms. The minimum absolute atomic E-state index is 0.0916. The molecular formula is C17H25N3O6S. The van der Waals surface area contributed by atoms with Crippen molar-refractivity contribution in [2.75, 3.05) is 38.2 Å². The quantitative estimate of drug-likeness (QED) is 0.392. The number of hydrogen-bond donors (Lipinski definition) is 0. The first kappa shape index (κ1) is 21.1. The Balaban J connectivity index is 2.32. The number of rotatable bonds is 7. The number of anilines is 1. The number of methoxy groups -OCH3 is 1. The number of esters is 1. The van der Waals surface area contributed by atoms with Gasteiger partial charge in [0.15, 0.2) is 0 Å². The van der Waals surface area contributed by atoms with Crippen molar-refractivity contribution < 1.29 is 22.9 Å². The van der Waals surface area contributed by atoms with Crippen LogP contribution in [0.2, 0.25) is 0 Å². The molecule has 0 unspecified atom stereocenters. The Bertz CT molecular complexity index is 799. The molecule has 1 fully saturated rings. The Hall–Kier alpha value is -2.20. The molecule has 0 atom stereocenters. The van der Waals surface area contributed by atoms with E-state index in [-0.39, 0.29) is 35.6 Å². The van der Waals surface area contributed by atoms with Crippen LogP contribution >= 0.6 is 0 Å². The van der Waals surface area contributed by atoms with Gasteiger partial charge < -0.3 is 9.64 Å². The number of hydrogen-bond acceptors (Lipinski definition) is 7. The van der Waals surface area contributed by atoms with Crippen molar-refractivity contribution in [2.45, 2.75) is 31.6 Å². The molecule has 27 heavy (non-hydrogen) atoms. The van der Waals surface area contributed by atoms with E-state index in [0.717, 1.165) is 6.07 Å². The van der Waals surface area contributed by atoms with Gasteiger partial charge in [0.05, 0.1) is 22.8 Å². The predicted molar refractivity (Wildman–Crippen MR) is 100 cm³/mol. The summed E-state index contributed by atoms with van der Waals surface area (Å²) in [6, 6.07) is 4.00. The van der Waals surface area contributed by atoms with Crippen LogP contribution in [0.3, 0.4) is 0 Å². The number of carbonyl (C=O) groups excluding carboxylic acids is 1. The van der Waals surface area contributed by atoms with Gasteiger partial charge in [0.25, 0.3) is 5.69 Å². The van der Waals surface area contributed by atoms with Gasteiger partial charge >= 0.3 is 5.97 Å². The number of ether oxygens (including phenoxy) is 1. The van der Waals surface area contributed by atoms with Gasteiger partial charge in [-0.1, -0.05) is 13.8 Å². The van der Waals surface area contributed by atoms with Crippen molar-refractivity contribution in [3.05, 3.63) is 28.3 Å². The largest absolute Gasteiger partial charge is 0.469 e. The Kier molecular flexibility index (Phi) is 6.77. The van der Waals surface area contributed by atoms with Crippen LogP contribution in [0.15, 0.2) is 23.1 Å². The molecule has 1 aromatic rings. The lowest BCUT2D eigenvalue weighted by Gasteiger charge is -2.32. The molecule has 0 radical (unpaired) electrons. The molecule has 1 aliphatic heterocycles. The maximum absolute atomic E-state index is 12.6. The summed E-state index contributed by atoms with van der Waals surface area (Å²) in [5, 5.41) is 11.6. The molecule has 0 aromatic heterocycles. The van der Waals surface area contributed by atoms with E-state index in [9.17, 15) is 23.3 Å². The van der Waals surface area contributed by atoms with Gasteiger partial charge in [0.1, 0.15) is 5.69 Å². The van der Waals surface area contributed by atoms with E-state index in [1.807, 2.05) is 4.90 Å². The van der Waals surface area contributed by atoms with Crippen molar-refractivity contribution >= 4 is 27.4 Å². The first-order chi connectivity index (χ1) is 12.8. The molecule has 10 heteroatoms. The Morgan fingerprint density at radius 1 is 1.30 bits per heavy atom. The summed E-state index contributed by atoms with van der Waals surface area (Å²) in [6.45, 7) is 4.93. The van der Waals surface area contributed by atoms with E-state index in [4.69, 9.17) is 4.74 Å². The van der Waals surface area contributed by atoms with Crippen LogP contribution in [0.5, 0.6) is 0 Å². The Labute approximate surface area is 159 Å². The van der Waals surface area contributed by atoms with E-state index < -0.39 is 14.9 Å². The fourth-order valence-electron chi connectivity index (χ4n) is 3.31. The minimum atomic E-state index is -3.78. The van der Waals surface area contributed by atoms with Gasteiger partial charge in [-0.3, -0.25) is 14.9 Å². The van der Waals surface area contributed by atoms with Crippen LogP contribution < -0.4 is 4.90 Å². The van der Waals surface area contributed by atoms with E-state index in [1.165, 1.54) is 23.5 Å². The van der Waals surface area contributed by atoms with Crippen LogP contribution in [-0.2, 0) is 19.6 Å². The van der Waals surface area contributed by atoms with Gasteiger partial charge in [-0.15, -0.1) is 0 Å². The molecule has 9 nitrogen and oxygen atoms in total. The summed E-state index contributed by atoms with van der Waals surface area (Å²) >= 11 is 0. The van der Waals surface area contributed by atoms with E-state index in [2.05, 4.69) is 0 Å². The molecular weight excluding hydrogens is 374 g/mol. The summed E-state index contributed by atoms with van der Waals surface area (Å²) in [4.78, 5) is 24.4. The van der Waals surface area contributed by atoms with Gasteiger partial charge in [-0.2, -0.15) is 4.31 Å². The maximum Gasteiger partial charge on any atom is 0.308 e. The van der Waals surface area contributed by atoms with Crippen LogP contribution in [0.1, 0.15) is 26.7 Å². The molecule has 150 valence electrons. The number of benzene rings is 1. The molecule has 1 heterocycles. The fraction of sp³-hybridized carbons (Fsp3) is 0.588. The van der Waals surface area contributed by atoms with Crippen molar-refractivity contribution in [1.82, 2.24) is 4.31 Å². The highest BCUT2D eigenvalue weighted by molar-refractivity contribution is 7.89. The third-order valence-electron chi connectivity index (χ3n) is 4.86. The second kappa shape index (κ2) is 8.66. The van der Waals surface area contributed by atoms with Crippen LogP contribution in [0.25, 0.3) is 0 Å². The molecule has 0 N–H and O–H groups in total. The highest BCUT2D eigenvalue weighted by atomic mass is 32.2. The summed E-state index contributed by atoms with van der Waals surface area (Å²) in [5.74, 6) is -0.488. The zero-order chi connectivity index (χ0) is 20.2. The number of nitro groups is 1. The molecule has 1 aliphatic rings. The molecule has 0 bridgehead atoms. The zero-order valence-electron chi connectivity index (χ0n) is 15.8. The van der Waals surface area contributed by atoms with Gasteiger partial charge in [-0.05, 0) is 25.0 Å². The third kappa shape index (κ3) is 4.38. The Morgan fingerprint density at radius 3 is 2.37 bits per heavy atom. The normalized spacial score (nSPS) is 15.8. The van der Waals surface area contributed by atoms with Gasteiger partial charge in [0.2, 0.25) is 10.0 Å². The summed E-state index contributed by atoms with van der Waals surface area (Å²) in [6.07, 6.45) is 1.06. The molecule has 0 amide bonds. The monoisotopic (exact) mass is 399 g/mol. The SMILES string of the molecule is CCN(CC)S(=O)(=O)c1ccc(N2CCC(C(=O)OC)CC2)c([N+](=O)[O-])c1. The third-order valence-corrected chi connectivity index (χ3v) is 6.90. The van der Waals surface area contributed by atoms with Crippen molar-refractivity contribution in [1.29, 1.82) is 0 Å². The fourth-order valence-corrected chi connectivity index (χ4v) is 4.79. The van der Waals surface area contributed by atoms with E-state index >= 15 is 0 Å². The molecule has 1 saturated heterocycles. The predicted octanol–water partition coefficient (Wildman–Crippen LogP) is 2.01. The standard InChI is InChI=1S/C17H25N3O6S/c1-4-19(5-2)27(24,25)14-6-7-15(16(12-14)20(22)23)18-10-8-13(9-11-18)17(21)26-3/h6-7,12-13H,4-5,8-11H2,1-3H3. The number of piperidine rings is 1. The number of nitro benzene ring substituents is 1. The number of nitrogens with zero attached hydrogens (tertiary/aromatic N) is 3. The van der Waals surface area contributed by atoms with E-state index in [1.54, 1.807) is 13.8 Å². The van der Waals surface area contributed by atoms with Crippen LogP contribution in [-0.4, -0.2) is 56.9 Å². The lowest BCUT2D eigenvalue weighted by atomic mass is 9.96. The highest BCUT2D eigenvalue weighted by Crippen LogP contribution is 2.34. The molecule has 0 saturated carbocycles. The first-order valence-electron chi connectivity index (χ1n) is 8.87. The second-order valence-corrected chi connectivity index (χ2v) is 8.22. The summed E-state index contributed by atoms with van der Waals surface area (Å²) in [5.41, 5.74) is 0.113. The van der Waals surface area contributed by atoms with Crippen molar-refractivity contribution in [3.63, 3.8) is 0 Å². The van der Waals surface area contributed by atoms with Crippen LogP contribution in [0, 0.1) is 16.0 Å². The average molecular weight is 399 g/mol. The summed E-state index contributed by atoms with van der Waals surface area (Å²) < 4.78 is 31.3. The number of sulfonamides is 1. The molecule has 1 aromatic carbocycles. The highest BCUT2D eigenvalue weighted by Gasteiger charge is 2.31. The first-order valence-corrected chi connectivity index (χ1v) is 10.3. The maximum atomic E-state index is 12.6. The van der Waals surface area contributed by atoms with Gasteiger partial charge in [0, 0.05) is 32.2 Å². The minimum Gasteiger partial charge on any atom is -0.469 e.